The van der Waals surface area contributed by atoms with Gasteiger partial charge in [-0.3, -0.25) is 9.69 Å². The van der Waals surface area contributed by atoms with E-state index in [1.807, 2.05) is 0 Å². The van der Waals surface area contributed by atoms with E-state index in [0.29, 0.717) is 37.7 Å². The Kier molecular flexibility index (Phi) is 4.20. The van der Waals surface area contributed by atoms with Gasteiger partial charge in [0.25, 0.3) is 5.91 Å². The molecule has 2 saturated carbocycles. The van der Waals surface area contributed by atoms with Gasteiger partial charge in [0, 0.05) is 19.6 Å². The van der Waals surface area contributed by atoms with Crippen LogP contribution in [0.3, 0.4) is 0 Å². The van der Waals surface area contributed by atoms with Gasteiger partial charge in [0.2, 0.25) is 0 Å². The minimum Gasteiger partial charge on any atom is -0.432 e. The Morgan fingerprint density at radius 3 is 2.43 bits per heavy atom. The molecule has 1 saturated heterocycles. The lowest BCUT2D eigenvalue weighted by Gasteiger charge is -2.46. The first kappa shape index (κ1) is 19.7. The summed E-state index contributed by atoms with van der Waals surface area (Å²) in [6.07, 6.45) is 1.37. The molecule has 2 spiro atoms. The number of alkyl halides is 2. The van der Waals surface area contributed by atoms with Crippen molar-refractivity contribution in [3.63, 3.8) is 0 Å². The number of hydrogen-bond donors (Lipinski definition) is 1. The maximum Gasteiger partial charge on any atom is 0.400 e. The number of imide groups is 1. The highest BCUT2D eigenvalue weighted by Gasteiger charge is 2.67. The van der Waals surface area contributed by atoms with Crippen LogP contribution in [-0.4, -0.2) is 43.2 Å². The van der Waals surface area contributed by atoms with Gasteiger partial charge < -0.3 is 14.8 Å². The van der Waals surface area contributed by atoms with E-state index in [1.165, 1.54) is 7.05 Å². The highest BCUT2D eigenvalue weighted by atomic mass is 19.3. The molecule has 6 nitrogen and oxygen atoms in total. The molecular formula is C22H26F2N2O4. The molecule has 30 heavy (non-hydrogen) atoms. The fraction of sp³-hybridized carbons (Fsp3) is 0.636. The zero-order valence-corrected chi connectivity index (χ0v) is 17.2. The summed E-state index contributed by atoms with van der Waals surface area (Å²) in [5.74, 6) is -1.05. The Morgan fingerprint density at radius 1 is 1.17 bits per heavy atom. The third-order valence-electron chi connectivity index (χ3n) is 7.56. The molecule has 0 radical (unpaired) electrons. The fourth-order valence-electron chi connectivity index (χ4n) is 5.68. The van der Waals surface area contributed by atoms with E-state index in [1.54, 1.807) is 25.3 Å². The van der Waals surface area contributed by atoms with Crippen molar-refractivity contribution in [2.24, 2.45) is 11.3 Å². The summed E-state index contributed by atoms with van der Waals surface area (Å²) in [6, 6.07) is 4.40. The molecule has 3 aliphatic carbocycles. The predicted molar refractivity (Wildman–Crippen MR) is 103 cm³/mol. The largest absolute Gasteiger partial charge is 0.432 e. The van der Waals surface area contributed by atoms with Crippen molar-refractivity contribution in [3.8, 4) is 5.75 Å². The van der Waals surface area contributed by atoms with Crippen LogP contribution in [0.4, 0.5) is 13.6 Å². The molecule has 162 valence electrons. The number of benzene rings is 1. The highest BCUT2D eigenvalue weighted by Crippen LogP contribution is 2.60. The summed E-state index contributed by atoms with van der Waals surface area (Å²) in [7, 11) is 3.14. The summed E-state index contributed by atoms with van der Waals surface area (Å²) >= 11 is 0. The van der Waals surface area contributed by atoms with Gasteiger partial charge in [-0.05, 0) is 68.2 Å². The van der Waals surface area contributed by atoms with Gasteiger partial charge in [-0.15, -0.1) is 0 Å². The number of fused-ring (bicyclic) bond motifs is 3. The number of methoxy groups -OCH3 is 1. The molecule has 1 unspecified atom stereocenters. The molecular weight excluding hydrogens is 394 g/mol. The number of carbonyl (C=O) groups is 2. The van der Waals surface area contributed by atoms with E-state index in [4.69, 9.17) is 9.47 Å². The molecule has 1 heterocycles. The molecule has 0 bridgehead atoms. The van der Waals surface area contributed by atoms with E-state index in [9.17, 15) is 18.4 Å². The van der Waals surface area contributed by atoms with Crippen molar-refractivity contribution >= 4 is 11.9 Å². The standard InChI is InChI=1S/C22H26F2N2O4/c1-26-18(27)21(25-19(26)28)17-11-16(30-22(23,24)14-4-5-14)6-3-13(17)12-20(21)9-7-15(29-2)8-10-20/h3,6,11,14-15H,4-5,7-10,12H2,1-2H3,(H,25,28). The van der Waals surface area contributed by atoms with Gasteiger partial charge in [0.05, 0.1) is 12.0 Å². The summed E-state index contributed by atoms with van der Waals surface area (Å²) in [4.78, 5) is 27.1. The molecule has 1 aromatic rings. The fourth-order valence-corrected chi connectivity index (χ4v) is 5.68. The number of urea groups is 1. The van der Waals surface area contributed by atoms with Gasteiger partial charge in [-0.25, -0.2) is 4.79 Å². The topological polar surface area (TPSA) is 67.9 Å². The molecule has 3 amide bonds. The van der Waals surface area contributed by atoms with Crippen molar-refractivity contribution in [1.29, 1.82) is 0 Å². The van der Waals surface area contributed by atoms with Gasteiger partial charge in [-0.2, -0.15) is 8.78 Å². The van der Waals surface area contributed by atoms with Crippen LogP contribution in [0, 0.1) is 11.3 Å². The van der Waals surface area contributed by atoms with Crippen LogP contribution < -0.4 is 10.1 Å². The Bertz CT molecular complexity index is 908. The van der Waals surface area contributed by atoms with Gasteiger partial charge >= 0.3 is 12.1 Å². The first-order valence-corrected chi connectivity index (χ1v) is 10.6. The van der Waals surface area contributed by atoms with Crippen LogP contribution in [0.2, 0.25) is 0 Å². The Hall–Kier alpha value is -2.22. The number of nitrogens with zero attached hydrogens (tertiary/aromatic N) is 1. The van der Waals surface area contributed by atoms with Crippen molar-refractivity contribution in [1.82, 2.24) is 10.2 Å². The normalized spacial score (nSPS) is 33.3. The number of carbonyl (C=O) groups excluding carboxylic acids is 2. The monoisotopic (exact) mass is 420 g/mol. The molecule has 1 aliphatic heterocycles. The molecule has 8 heteroatoms. The molecule has 5 rings (SSSR count). The maximum atomic E-state index is 14.3. The SMILES string of the molecule is COC1CCC2(CC1)Cc1ccc(OC(F)(F)C3CC3)cc1C21NC(=O)N(C)C1=O. The number of halogens is 2. The summed E-state index contributed by atoms with van der Waals surface area (Å²) in [5.41, 5.74) is -0.261. The molecule has 1 aromatic carbocycles. The average molecular weight is 420 g/mol. The maximum absolute atomic E-state index is 14.3. The second kappa shape index (κ2) is 6.39. The smallest absolute Gasteiger partial charge is 0.400 e. The van der Waals surface area contributed by atoms with Crippen molar-refractivity contribution < 1.29 is 27.8 Å². The van der Waals surface area contributed by atoms with Gasteiger partial charge in [0.15, 0.2) is 5.54 Å². The highest BCUT2D eigenvalue weighted by molar-refractivity contribution is 6.08. The number of ether oxygens (including phenoxy) is 2. The zero-order chi connectivity index (χ0) is 21.3. The molecule has 1 atom stereocenters. The zero-order valence-electron chi connectivity index (χ0n) is 17.2. The van der Waals surface area contributed by atoms with Crippen LogP contribution in [0.25, 0.3) is 0 Å². The predicted octanol–water partition coefficient (Wildman–Crippen LogP) is 3.58. The van der Waals surface area contributed by atoms with Crippen molar-refractivity contribution in [2.45, 2.75) is 62.7 Å². The quantitative estimate of drug-likeness (QED) is 0.757. The first-order valence-electron chi connectivity index (χ1n) is 10.6. The summed E-state index contributed by atoms with van der Waals surface area (Å²) < 4.78 is 39.1. The molecule has 0 aromatic heterocycles. The Labute approximate surface area is 173 Å². The van der Waals surface area contributed by atoms with Crippen LogP contribution in [0.15, 0.2) is 18.2 Å². The van der Waals surface area contributed by atoms with Crippen LogP contribution >= 0.6 is 0 Å². The number of nitrogens with one attached hydrogen (secondary N) is 1. The third-order valence-corrected chi connectivity index (χ3v) is 7.56. The minimum absolute atomic E-state index is 0.0317. The Morgan fingerprint density at radius 2 is 1.87 bits per heavy atom. The van der Waals surface area contributed by atoms with E-state index in [2.05, 4.69) is 5.32 Å². The van der Waals surface area contributed by atoms with E-state index >= 15 is 0 Å². The lowest BCUT2D eigenvalue weighted by atomic mass is 9.61. The van der Waals surface area contributed by atoms with Crippen molar-refractivity contribution in [3.05, 3.63) is 29.3 Å². The van der Waals surface area contributed by atoms with Crippen LogP contribution in [0.1, 0.15) is 49.7 Å². The van der Waals surface area contributed by atoms with Gasteiger partial charge in [0.1, 0.15) is 5.75 Å². The first-order chi connectivity index (χ1) is 14.2. The van der Waals surface area contributed by atoms with Crippen LogP contribution in [-0.2, 0) is 21.5 Å². The molecule has 3 fully saturated rings. The van der Waals surface area contributed by atoms with E-state index in [0.717, 1.165) is 23.3 Å². The van der Waals surface area contributed by atoms with Crippen LogP contribution in [0.5, 0.6) is 5.75 Å². The number of amides is 3. The summed E-state index contributed by atoms with van der Waals surface area (Å²) in [6.45, 7) is 0. The van der Waals surface area contributed by atoms with E-state index < -0.39 is 29.0 Å². The van der Waals surface area contributed by atoms with Crippen molar-refractivity contribution in [2.75, 3.05) is 14.2 Å². The number of likely N-dealkylation sites (N-methyl/N-ethyl adjacent to an activating group) is 1. The number of rotatable bonds is 4. The van der Waals surface area contributed by atoms with Gasteiger partial charge in [-0.1, -0.05) is 6.07 Å². The second-order valence-electron chi connectivity index (χ2n) is 9.19. The Balaban J connectivity index is 1.57. The molecule has 4 aliphatic rings. The number of hydrogen-bond acceptors (Lipinski definition) is 4. The lowest BCUT2D eigenvalue weighted by Crippen LogP contribution is -2.56. The summed E-state index contributed by atoms with van der Waals surface area (Å²) in [5, 5.41) is 2.96. The third kappa shape index (κ3) is 2.62. The second-order valence-corrected chi connectivity index (χ2v) is 9.19. The lowest BCUT2D eigenvalue weighted by molar-refractivity contribution is -0.192. The minimum atomic E-state index is -3.23. The average Bonchev–Trinajstić information content (AvgIpc) is 3.52. The van der Waals surface area contributed by atoms with E-state index in [-0.39, 0.29) is 17.8 Å². The molecule has 1 N–H and O–H groups in total.